The molecule has 4 aliphatic rings. The minimum Gasteiger partial charge on any atom is -0.496 e. The second kappa shape index (κ2) is 4.97. The van der Waals surface area contributed by atoms with E-state index in [4.69, 9.17) is 14.2 Å². The quantitative estimate of drug-likeness (QED) is 0.876. The zero-order valence-electron chi connectivity index (χ0n) is 14.8. The first-order valence-electron chi connectivity index (χ1n) is 8.86. The van der Waals surface area contributed by atoms with Gasteiger partial charge in [-0.2, -0.15) is 0 Å². The number of hydrogen-bond acceptors (Lipinski definition) is 5. The van der Waals surface area contributed by atoms with Crippen molar-refractivity contribution in [3.63, 3.8) is 0 Å². The minimum absolute atomic E-state index is 0.0978. The lowest BCUT2D eigenvalue weighted by Crippen LogP contribution is -2.76. The number of benzene rings is 1. The molecule has 1 aromatic carbocycles. The van der Waals surface area contributed by atoms with Crippen LogP contribution >= 0.6 is 0 Å². The molecule has 1 fully saturated rings. The van der Waals surface area contributed by atoms with Gasteiger partial charge in [0, 0.05) is 12.7 Å². The van der Waals surface area contributed by atoms with Crippen molar-refractivity contribution in [2.75, 3.05) is 25.7 Å². The summed E-state index contributed by atoms with van der Waals surface area (Å²) in [5.74, 6) is 0.272. The van der Waals surface area contributed by atoms with Gasteiger partial charge in [-0.15, -0.1) is 0 Å². The Morgan fingerprint density at radius 3 is 2.92 bits per heavy atom. The molecule has 0 aromatic heterocycles. The van der Waals surface area contributed by atoms with Crippen LogP contribution in [0, 0.1) is 0 Å². The highest BCUT2D eigenvalue weighted by atomic mass is 16.6. The summed E-state index contributed by atoms with van der Waals surface area (Å²) < 4.78 is 17.8. The van der Waals surface area contributed by atoms with Crippen LogP contribution in [-0.4, -0.2) is 43.2 Å². The van der Waals surface area contributed by atoms with E-state index in [0.717, 1.165) is 24.0 Å². The number of carbonyl (C=O) groups excluding carboxylic acids is 1. The number of aliphatic hydroxyl groups is 1. The van der Waals surface area contributed by atoms with Crippen LogP contribution < -0.4 is 4.90 Å². The highest BCUT2D eigenvalue weighted by Crippen LogP contribution is 2.63. The van der Waals surface area contributed by atoms with E-state index in [0.29, 0.717) is 17.9 Å². The molecule has 6 heteroatoms. The molecule has 2 aliphatic carbocycles. The van der Waals surface area contributed by atoms with E-state index in [2.05, 4.69) is 0 Å². The molecular weight excluding hydrogens is 334 g/mol. The predicted molar refractivity (Wildman–Crippen MR) is 93.4 cm³/mol. The van der Waals surface area contributed by atoms with Crippen LogP contribution in [0.1, 0.15) is 24.0 Å². The number of carbonyl (C=O) groups is 1. The molecule has 6 nitrogen and oxygen atoms in total. The molecule has 0 bridgehead atoms. The maximum absolute atomic E-state index is 12.9. The van der Waals surface area contributed by atoms with E-state index in [9.17, 15) is 9.90 Å². The third-order valence-corrected chi connectivity index (χ3v) is 6.31. The zero-order valence-corrected chi connectivity index (χ0v) is 14.8. The molecule has 0 saturated carbocycles. The summed E-state index contributed by atoms with van der Waals surface area (Å²) in [6, 6.07) is 5.81. The van der Waals surface area contributed by atoms with Crippen LogP contribution in [0.15, 0.2) is 42.2 Å². The van der Waals surface area contributed by atoms with Gasteiger partial charge in [0.2, 0.25) is 5.72 Å². The van der Waals surface area contributed by atoms with Crippen LogP contribution in [0.3, 0.4) is 0 Å². The van der Waals surface area contributed by atoms with Crippen molar-refractivity contribution in [3.05, 3.63) is 53.3 Å². The first kappa shape index (κ1) is 16.1. The molecule has 136 valence electrons. The lowest BCUT2D eigenvalue weighted by atomic mass is 9.60. The van der Waals surface area contributed by atoms with Gasteiger partial charge in [-0.1, -0.05) is 18.2 Å². The Hall–Kier alpha value is -2.15. The highest BCUT2D eigenvalue weighted by molar-refractivity contribution is 6.01. The van der Waals surface area contributed by atoms with Crippen molar-refractivity contribution in [2.45, 2.75) is 36.2 Å². The summed E-state index contributed by atoms with van der Waals surface area (Å²) in [5, 5.41) is 12.1. The molecule has 1 N–H and O–H groups in total. The Morgan fingerprint density at radius 1 is 1.31 bits per heavy atom. The van der Waals surface area contributed by atoms with E-state index < -0.39 is 16.9 Å². The third-order valence-electron chi connectivity index (χ3n) is 6.31. The van der Waals surface area contributed by atoms with E-state index in [-0.39, 0.29) is 12.5 Å². The van der Waals surface area contributed by atoms with E-state index in [1.165, 1.54) is 0 Å². The summed E-state index contributed by atoms with van der Waals surface area (Å²) in [4.78, 5) is 14.5. The largest absolute Gasteiger partial charge is 0.496 e. The maximum atomic E-state index is 12.9. The fourth-order valence-corrected chi connectivity index (χ4v) is 5.40. The number of nitrogens with zero attached hydrogens (tertiary/aromatic N) is 1. The van der Waals surface area contributed by atoms with Crippen LogP contribution in [0.25, 0.3) is 0 Å². The van der Waals surface area contributed by atoms with Crippen molar-refractivity contribution in [3.8, 4) is 0 Å². The summed E-state index contributed by atoms with van der Waals surface area (Å²) >= 11 is 0. The van der Waals surface area contributed by atoms with Crippen molar-refractivity contribution >= 4 is 11.6 Å². The summed E-state index contributed by atoms with van der Waals surface area (Å²) in [7, 11) is 3.09. The number of allylic oxidation sites excluding steroid dienone is 2. The molecule has 0 radical (unpaired) electrons. The average Bonchev–Trinajstić information content (AvgIpc) is 3.00. The maximum Gasteiger partial charge on any atom is 0.255 e. The average molecular weight is 355 g/mol. The van der Waals surface area contributed by atoms with E-state index in [1.54, 1.807) is 31.3 Å². The van der Waals surface area contributed by atoms with Crippen LogP contribution in [0.5, 0.6) is 0 Å². The molecule has 1 saturated heterocycles. The van der Waals surface area contributed by atoms with Crippen LogP contribution in [0.2, 0.25) is 0 Å². The lowest BCUT2D eigenvalue weighted by Gasteiger charge is -2.61. The molecule has 3 unspecified atom stereocenters. The summed E-state index contributed by atoms with van der Waals surface area (Å²) in [6.45, 7) is -0.0978. The first-order chi connectivity index (χ1) is 12.6. The number of rotatable bonds is 2. The van der Waals surface area contributed by atoms with Crippen molar-refractivity contribution in [2.24, 2.45) is 0 Å². The Kier molecular flexibility index (Phi) is 3.07. The van der Waals surface area contributed by atoms with Gasteiger partial charge in [-0.3, -0.25) is 9.69 Å². The lowest BCUT2D eigenvalue weighted by molar-refractivity contribution is -0.248. The molecule has 26 heavy (non-hydrogen) atoms. The number of fused-ring (bicyclic) bond motifs is 2. The topological polar surface area (TPSA) is 68.2 Å². The highest BCUT2D eigenvalue weighted by Gasteiger charge is 2.76. The van der Waals surface area contributed by atoms with E-state index >= 15 is 0 Å². The number of methoxy groups -OCH3 is 2. The van der Waals surface area contributed by atoms with E-state index in [1.807, 2.05) is 24.3 Å². The monoisotopic (exact) mass is 355 g/mol. The first-order valence-corrected chi connectivity index (χ1v) is 8.86. The molecule has 3 atom stereocenters. The van der Waals surface area contributed by atoms with Gasteiger partial charge in [0.15, 0.2) is 11.4 Å². The molecule has 2 aliphatic heterocycles. The van der Waals surface area contributed by atoms with Crippen molar-refractivity contribution in [1.29, 1.82) is 0 Å². The molecule has 1 amide bonds. The van der Waals surface area contributed by atoms with Crippen molar-refractivity contribution in [1.82, 2.24) is 0 Å². The normalized spacial score (nSPS) is 37.0. The summed E-state index contributed by atoms with van der Waals surface area (Å²) in [6.07, 6.45) is 7.58. The number of aryl methyl sites for hydroxylation is 1. The predicted octanol–water partition coefficient (Wildman–Crippen LogP) is 1.77. The fourth-order valence-electron chi connectivity index (χ4n) is 5.40. The number of hydrogen-bond donors (Lipinski definition) is 1. The third kappa shape index (κ3) is 1.45. The Labute approximate surface area is 151 Å². The molecule has 1 aromatic rings. The van der Waals surface area contributed by atoms with Crippen LogP contribution in [0.4, 0.5) is 5.69 Å². The molecular formula is C20H21NO5. The van der Waals surface area contributed by atoms with Gasteiger partial charge in [0.25, 0.3) is 5.91 Å². The Bertz CT molecular complexity index is 877. The number of anilines is 1. The second-order valence-corrected chi connectivity index (χ2v) is 7.22. The molecule has 2 heterocycles. The van der Waals surface area contributed by atoms with Crippen molar-refractivity contribution < 1.29 is 24.1 Å². The van der Waals surface area contributed by atoms with Gasteiger partial charge in [-0.05, 0) is 43.0 Å². The van der Waals surface area contributed by atoms with Gasteiger partial charge in [0.1, 0.15) is 12.2 Å². The smallest absolute Gasteiger partial charge is 0.255 e. The zero-order chi connectivity index (χ0) is 18.2. The van der Waals surface area contributed by atoms with Gasteiger partial charge >= 0.3 is 0 Å². The molecule has 1 spiro atoms. The number of amides is 1. The molecule has 5 rings (SSSR count). The SMILES string of the molecule is COC1=CC=CC2(OC)C3(O)CCCc4cccc(c43)N3C(=O)COC132. The summed E-state index contributed by atoms with van der Waals surface area (Å²) in [5.41, 5.74) is -1.50. The Morgan fingerprint density at radius 2 is 2.15 bits per heavy atom. The van der Waals surface area contributed by atoms with Gasteiger partial charge < -0.3 is 19.3 Å². The number of ether oxygens (including phenoxy) is 3. The standard InChI is InChI=1S/C20H21NO5/c1-24-15-9-5-11-19(25-2)18(23)10-4-7-13-6-3-8-14(17(13)18)21-16(22)12-26-20(15,19)21/h3,5-6,8-9,11,23H,4,7,10,12H2,1-2H3. The minimum atomic E-state index is -1.36. The fraction of sp³-hybridized carbons (Fsp3) is 0.450. The Balaban J connectivity index is 1.94. The van der Waals surface area contributed by atoms with Gasteiger partial charge in [0.05, 0.1) is 12.8 Å². The van der Waals surface area contributed by atoms with Crippen LogP contribution in [-0.2, 0) is 31.0 Å². The second-order valence-electron chi connectivity index (χ2n) is 7.22. The van der Waals surface area contributed by atoms with Gasteiger partial charge in [-0.25, -0.2) is 0 Å².